The van der Waals surface area contributed by atoms with Crippen LogP contribution in [-0.2, 0) is 0 Å². The van der Waals surface area contributed by atoms with Gasteiger partial charge in [-0.3, -0.25) is 5.43 Å². The summed E-state index contributed by atoms with van der Waals surface area (Å²) in [6.07, 6.45) is 6.93. The number of terminal acetylenes is 1. The first-order chi connectivity index (χ1) is 12.8. The van der Waals surface area contributed by atoms with Crippen LogP contribution in [0.15, 0.2) is 59.0 Å². The number of methoxy groups -OCH3 is 1. The molecule has 6 heteroatoms. The van der Waals surface area contributed by atoms with Gasteiger partial charge in [0.15, 0.2) is 11.5 Å². The van der Waals surface area contributed by atoms with Crippen LogP contribution in [0.2, 0.25) is 0 Å². The minimum atomic E-state index is 0.154. The fraction of sp³-hybridized carbons (Fsp3) is 0.100. The molecule has 0 bridgehead atoms. The molecule has 1 aromatic heterocycles. The smallest absolute Gasteiger partial charge is 0.203 e. The van der Waals surface area contributed by atoms with Crippen molar-refractivity contribution in [3.63, 3.8) is 0 Å². The Hall–Kier alpha value is -3.30. The van der Waals surface area contributed by atoms with Gasteiger partial charge in [0.1, 0.15) is 6.61 Å². The number of hydrogen-bond donors (Lipinski definition) is 1. The van der Waals surface area contributed by atoms with Crippen molar-refractivity contribution in [1.82, 2.24) is 4.98 Å². The Morgan fingerprint density at radius 3 is 2.85 bits per heavy atom. The van der Waals surface area contributed by atoms with Crippen molar-refractivity contribution in [3.05, 3.63) is 59.5 Å². The van der Waals surface area contributed by atoms with E-state index in [1.165, 1.54) is 11.3 Å². The lowest BCUT2D eigenvalue weighted by atomic mass is 10.2. The molecule has 0 radical (unpaired) electrons. The zero-order valence-corrected chi connectivity index (χ0v) is 15.0. The number of anilines is 1. The van der Waals surface area contributed by atoms with Crippen LogP contribution in [0.1, 0.15) is 5.56 Å². The third-order valence-corrected chi connectivity index (χ3v) is 4.21. The number of benzene rings is 2. The summed E-state index contributed by atoms with van der Waals surface area (Å²) in [6.45, 7) is 0.154. The van der Waals surface area contributed by atoms with Crippen LogP contribution < -0.4 is 14.9 Å². The van der Waals surface area contributed by atoms with Crippen LogP contribution in [0, 0.1) is 12.3 Å². The summed E-state index contributed by atoms with van der Waals surface area (Å²) >= 11 is 1.49. The van der Waals surface area contributed by atoms with Crippen LogP contribution >= 0.6 is 11.3 Å². The summed E-state index contributed by atoms with van der Waals surface area (Å²) in [5.74, 6) is 3.61. The van der Waals surface area contributed by atoms with Gasteiger partial charge < -0.3 is 9.47 Å². The lowest BCUT2D eigenvalue weighted by molar-refractivity contribution is 0.330. The van der Waals surface area contributed by atoms with Gasteiger partial charge in [0.05, 0.1) is 19.0 Å². The van der Waals surface area contributed by atoms with E-state index in [9.17, 15) is 0 Å². The van der Waals surface area contributed by atoms with E-state index in [4.69, 9.17) is 15.9 Å². The number of rotatable bonds is 7. The second-order valence-corrected chi connectivity index (χ2v) is 6.00. The molecule has 1 heterocycles. The van der Waals surface area contributed by atoms with Crippen molar-refractivity contribution in [3.8, 4) is 35.1 Å². The van der Waals surface area contributed by atoms with Gasteiger partial charge in [0.25, 0.3) is 0 Å². The molecule has 2 aromatic carbocycles. The molecule has 1 N–H and O–H groups in total. The Bertz CT molecular complexity index is 930. The maximum absolute atomic E-state index is 5.58. The van der Waals surface area contributed by atoms with Gasteiger partial charge in [-0.05, 0) is 12.1 Å². The molecule has 26 heavy (non-hydrogen) atoms. The average molecular weight is 363 g/mol. The second kappa shape index (κ2) is 8.70. The van der Waals surface area contributed by atoms with Crippen molar-refractivity contribution in [1.29, 1.82) is 0 Å². The van der Waals surface area contributed by atoms with E-state index in [2.05, 4.69) is 21.4 Å². The van der Waals surface area contributed by atoms with Gasteiger partial charge in [0, 0.05) is 16.5 Å². The highest BCUT2D eigenvalue weighted by molar-refractivity contribution is 7.14. The zero-order chi connectivity index (χ0) is 18.2. The average Bonchev–Trinajstić information content (AvgIpc) is 3.16. The van der Waals surface area contributed by atoms with Crippen LogP contribution in [0.5, 0.6) is 11.5 Å². The zero-order valence-electron chi connectivity index (χ0n) is 14.2. The molecule has 0 amide bonds. The molecule has 3 rings (SSSR count). The number of nitrogens with zero attached hydrogens (tertiary/aromatic N) is 2. The lowest BCUT2D eigenvalue weighted by Crippen LogP contribution is -2.01. The fourth-order valence-electron chi connectivity index (χ4n) is 2.29. The normalized spacial score (nSPS) is 10.5. The number of hydrogen-bond acceptors (Lipinski definition) is 6. The molecular formula is C20H17N3O2S. The first-order valence-electron chi connectivity index (χ1n) is 7.85. The summed E-state index contributed by atoms with van der Waals surface area (Å²) < 4.78 is 10.9. The van der Waals surface area contributed by atoms with Crippen molar-refractivity contribution >= 4 is 22.7 Å². The predicted molar refractivity (Wildman–Crippen MR) is 106 cm³/mol. The minimum Gasteiger partial charge on any atom is -0.493 e. The van der Waals surface area contributed by atoms with E-state index in [0.29, 0.717) is 16.6 Å². The van der Waals surface area contributed by atoms with Gasteiger partial charge in [-0.1, -0.05) is 42.3 Å². The van der Waals surface area contributed by atoms with Crippen molar-refractivity contribution in [2.45, 2.75) is 0 Å². The van der Waals surface area contributed by atoms with Crippen LogP contribution in [0.3, 0.4) is 0 Å². The molecule has 130 valence electrons. The van der Waals surface area contributed by atoms with Crippen LogP contribution in [0.25, 0.3) is 11.3 Å². The van der Waals surface area contributed by atoms with E-state index in [-0.39, 0.29) is 6.61 Å². The predicted octanol–water partition coefficient (Wildman–Crippen LogP) is 4.28. The lowest BCUT2D eigenvalue weighted by Gasteiger charge is -2.11. The maximum atomic E-state index is 5.58. The molecule has 0 saturated carbocycles. The molecule has 0 unspecified atom stereocenters. The molecule has 0 aliphatic rings. The summed E-state index contributed by atoms with van der Waals surface area (Å²) in [5, 5.41) is 6.94. The fourth-order valence-corrected chi connectivity index (χ4v) is 2.96. The first kappa shape index (κ1) is 17.5. The number of thiazole rings is 1. The molecular weight excluding hydrogens is 346 g/mol. The standard InChI is InChI=1S/C20H17N3O2S/c1-3-12-25-19-16(10-7-11-18(19)24-2)13-21-23-20-22-17(14-26-20)15-8-5-4-6-9-15/h1,4-11,13-14H,12H2,2H3,(H,22,23). The molecule has 3 aromatic rings. The van der Waals surface area contributed by atoms with Gasteiger partial charge >= 0.3 is 0 Å². The Kier molecular flexibility index (Phi) is 5.86. The quantitative estimate of drug-likeness (QED) is 0.387. The summed E-state index contributed by atoms with van der Waals surface area (Å²) in [4.78, 5) is 4.53. The summed E-state index contributed by atoms with van der Waals surface area (Å²) in [7, 11) is 1.58. The monoisotopic (exact) mass is 363 g/mol. The maximum Gasteiger partial charge on any atom is 0.203 e. The first-order valence-corrected chi connectivity index (χ1v) is 8.73. The molecule has 0 spiro atoms. The third kappa shape index (κ3) is 4.21. The van der Waals surface area contributed by atoms with Gasteiger partial charge in [-0.2, -0.15) is 5.10 Å². The van der Waals surface area contributed by atoms with Crippen LogP contribution in [-0.4, -0.2) is 24.9 Å². The van der Waals surface area contributed by atoms with Crippen molar-refractivity contribution < 1.29 is 9.47 Å². The van der Waals surface area contributed by atoms with Crippen molar-refractivity contribution in [2.75, 3.05) is 19.1 Å². The third-order valence-electron chi connectivity index (χ3n) is 3.47. The van der Waals surface area contributed by atoms with E-state index in [1.807, 2.05) is 53.9 Å². The highest BCUT2D eigenvalue weighted by atomic mass is 32.1. The van der Waals surface area contributed by atoms with Gasteiger partial charge in [-0.15, -0.1) is 17.8 Å². The highest BCUT2D eigenvalue weighted by Crippen LogP contribution is 2.30. The SMILES string of the molecule is C#CCOc1c(C=NNc2nc(-c3ccccc3)cs2)cccc1OC. The molecule has 5 nitrogen and oxygen atoms in total. The summed E-state index contributed by atoms with van der Waals surface area (Å²) in [5.41, 5.74) is 5.68. The molecule has 0 fully saturated rings. The van der Waals surface area contributed by atoms with Gasteiger partial charge in [-0.25, -0.2) is 4.98 Å². The van der Waals surface area contributed by atoms with E-state index in [0.717, 1.165) is 16.8 Å². The molecule has 0 aliphatic heterocycles. The van der Waals surface area contributed by atoms with E-state index < -0.39 is 0 Å². The number of aromatic nitrogens is 1. The molecule has 0 saturated heterocycles. The topological polar surface area (TPSA) is 55.7 Å². The van der Waals surface area contributed by atoms with Gasteiger partial charge in [0.2, 0.25) is 5.13 Å². The number of para-hydroxylation sites is 1. The number of nitrogens with one attached hydrogen (secondary N) is 1. The number of ether oxygens (including phenoxy) is 2. The summed E-state index contributed by atoms with van der Waals surface area (Å²) in [6, 6.07) is 15.5. The molecule has 0 atom stereocenters. The second-order valence-electron chi connectivity index (χ2n) is 5.15. The Morgan fingerprint density at radius 2 is 2.08 bits per heavy atom. The number of hydrazone groups is 1. The van der Waals surface area contributed by atoms with Crippen molar-refractivity contribution in [2.24, 2.45) is 5.10 Å². The highest BCUT2D eigenvalue weighted by Gasteiger charge is 2.09. The van der Waals surface area contributed by atoms with Crippen LogP contribution in [0.4, 0.5) is 5.13 Å². The van der Waals surface area contributed by atoms with E-state index >= 15 is 0 Å². The minimum absolute atomic E-state index is 0.154. The largest absolute Gasteiger partial charge is 0.493 e. The Balaban J connectivity index is 1.73. The molecule has 0 aliphatic carbocycles. The Labute approximate surface area is 156 Å². The Morgan fingerprint density at radius 1 is 1.23 bits per heavy atom. The van der Waals surface area contributed by atoms with E-state index in [1.54, 1.807) is 13.3 Å².